The summed E-state index contributed by atoms with van der Waals surface area (Å²) in [6, 6.07) is 7.92. The quantitative estimate of drug-likeness (QED) is 0.780. The number of benzene rings is 1. The second-order valence-corrected chi connectivity index (χ2v) is 4.47. The maximum absolute atomic E-state index is 11.7. The Balaban J connectivity index is 2.23. The van der Waals surface area contributed by atoms with Gasteiger partial charge < -0.3 is 4.74 Å². The summed E-state index contributed by atoms with van der Waals surface area (Å²) in [7, 11) is 0. The van der Waals surface area contributed by atoms with Gasteiger partial charge in [-0.3, -0.25) is 0 Å². The Labute approximate surface area is 106 Å². The van der Waals surface area contributed by atoms with Crippen LogP contribution in [0.4, 0.5) is 0 Å². The highest BCUT2D eigenvalue weighted by molar-refractivity contribution is 5.89. The molecule has 0 aliphatic rings. The van der Waals surface area contributed by atoms with E-state index in [9.17, 15) is 4.79 Å². The van der Waals surface area contributed by atoms with Crippen molar-refractivity contribution in [3.63, 3.8) is 0 Å². The number of hydrogen-bond donors (Lipinski definition) is 0. The van der Waals surface area contributed by atoms with Gasteiger partial charge in [-0.15, -0.1) is 0 Å². The van der Waals surface area contributed by atoms with Crippen LogP contribution in [0.2, 0.25) is 0 Å². The van der Waals surface area contributed by atoms with E-state index in [1.54, 1.807) is 10.9 Å². The molecule has 0 spiro atoms. The Morgan fingerprint density at radius 2 is 2.17 bits per heavy atom. The first kappa shape index (κ1) is 12.4. The molecule has 0 aliphatic carbocycles. The molecule has 0 bridgehead atoms. The standard InChI is InChI=1S/C14H16N2O2/c1-10(2)18-14(17)12-8-15-16(9-12)13-6-4-5-11(3)7-13/h4-10H,1-3H3. The molecule has 0 N–H and O–H groups in total. The number of aromatic nitrogens is 2. The summed E-state index contributed by atoms with van der Waals surface area (Å²) in [5.41, 5.74) is 2.54. The Morgan fingerprint density at radius 1 is 1.39 bits per heavy atom. The van der Waals surface area contributed by atoms with Gasteiger partial charge in [-0.25, -0.2) is 9.48 Å². The maximum atomic E-state index is 11.7. The summed E-state index contributed by atoms with van der Waals surface area (Å²) in [5.74, 6) is -0.344. The fourth-order valence-corrected chi connectivity index (χ4v) is 1.62. The molecule has 2 rings (SSSR count). The number of hydrogen-bond acceptors (Lipinski definition) is 3. The molecule has 0 radical (unpaired) electrons. The van der Waals surface area contributed by atoms with E-state index in [4.69, 9.17) is 4.74 Å². The molecule has 1 heterocycles. The van der Waals surface area contributed by atoms with Gasteiger partial charge in [0.25, 0.3) is 0 Å². The minimum atomic E-state index is -0.344. The van der Waals surface area contributed by atoms with Gasteiger partial charge in [0.15, 0.2) is 0 Å². The smallest absolute Gasteiger partial charge is 0.341 e. The van der Waals surface area contributed by atoms with Crippen molar-refractivity contribution < 1.29 is 9.53 Å². The first-order valence-electron chi connectivity index (χ1n) is 5.89. The molecule has 4 nitrogen and oxygen atoms in total. The number of esters is 1. The van der Waals surface area contributed by atoms with Gasteiger partial charge in [-0.2, -0.15) is 5.10 Å². The van der Waals surface area contributed by atoms with Gasteiger partial charge in [0, 0.05) is 6.20 Å². The zero-order chi connectivity index (χ0) is 13.1. The molecule has 0 aliphatic heterocycles. The topological polar surface area (TPSA) is 44.1 Å². The molecule has 18 heavy (non-hydrogen) atoms. The van der Waals surface area contributed by atoms with Crippen LogP contribution in [-0.2, 0) is 4.74 Å². The van der Waals surface area contributed by atoms with Gasteiger partial charge >= 0.3 is 5.97 Å². The number of rotatable bonds is 3. The molecule has 0 saturated heterocycles. The van der Waals surface area contributed by atoms with E-state index in [-0.39, 0.29) is 12.1 Å². The Hall–Kier alpha value is -2.10. The molecule has 1 aromatic carbocycles. The van der Waals surface area contributed by atoms with Gasteiger partial charge in [0.05, 0.1) is 23.6 Å². The summed E-state index contributed by atoms with van der Waals surface area (Å²) < 4.78 is 6.79. The molecule has 2 aromatic rings. The summed E-state index contributed by atoms with van der Waals surface area (Å²) in [4.78, 5) is 11.7. The molecular formula is C14H16N2O2. The van der Waals surface area contributed by atoms with Gasteiger partial charge in [-0.1, -0.05) is 12.1 Å². The van der Waals surface area contributed by atoms with Crippen LogP contribution in [0.25, 0.3) is 5.69 Å². The van der Waals surface area contributed by atoms with E-state index < -0.39 is 0 Å². The van der Waals surface area contributed by atoms with Crippen LogP contribution in [0, 0.1) is 6.92 Å². The minimum absolute atomic E-state index is 0.125. The first-order chi connectivity index (χ1) is 8.56. The number of nitrogens with zero attached hydrogens (tertiary/aromatic N) is 2. The van der Waals surface area contributed by atoms with Crippen LogP contribution in [-0.4, -0.2) is 21.9 Å². The highest BCUT2D eigenvalue weighted by Gasteiger charge is 2.12. The Kier molecular flexibility index (Phi) is 3.46. The molecule has 0 saturated carbocycles. The Bertz CT molecular complexity index is 558. The number of ether oxygens (including phenoxy) is 1. The lowest BCUT2D eigenvalue weighted by Crippen LogP contribution is -2.10. The van der Waals surface area contributed by atoms with Gasteiger partial charge in [0.2, 0.25) is 0 Å². The van der Waals surface area contributed by atoms with E-state index in [0.717, 1.165) is 11.3 Å². The summed E-state index contributed by atoms with van der Waals surface area (Å²) in [6.07, 6.45) is 3.08. The molecule has 4 heteroatoms. The summed E-state index contributed by atoms with van der Waals surface area (Å²) in [6.45, 7) is 5.66. The van der Waals surface area contributed by atoms with E-state index in [1.807, 2.05) is 45.0 Å². The third kappa shape index (κ3) is 2.77. The first-order valence-corrected chi connectivity index (χ1v) is 5.89. The second kappa shape index (κ2) is 5.04. The zero-order valence-electron chi connectivity index (χ0n) is 10.8. The highest BCUT2D eigenvalue weighted by atomic mass is 16.5. The lowest BCUT2D eigenvalue weighted by Gasteiger charge is -2.05. The van der Waals surface area contributed by atoms with Crippen LogP contribution in [0.3, 0.4) is 0 Å². The van der Waals surface area contributed by atoms with Gasteiger partial charge in [0.1, 0.15) is 0 Å². The highest BCUT2D eigenvalue weighted by Crippen LogP contribution is 2.11. The molecular weight excluding hydrogens is 228 g/mol. The lowest BCUT2D eigenvalue weighted by molar-refractivity contribution is 0.0378. The normalized spacial score (nSPS) is 10.7. The number of carbonyl (C=O) groups excluding carboxylic acids is 1. The van der Waals surface area contributed by atoms with Crippen LogP contribution in [0.1, 0.15) is 29.8 Å². The second-order valence-electron chi connectivity index (χ2n) is 4.47. The van der Waals surface area contributed by atoms with E-state index in [2.05, 4.69) is 5.10 Å². The molecule has 0 unspecified atom stereocenters. The molecule has 94 valence electrons. The number of aryl methyl sites for hydroxylation is 1. The predicted molar refractivity (Wildman–Crippen MR) is 68.9 cm³/mol. The average molecular weight is 244 g/mol. The van der Waals surface area contributed by atoms with Crippen molar-refractivity contribution in [2.45, 2.75) is 26.9 Å². The SMILES string of the molecule is Cc1cccc(-n2cc(C(=O)OC(C)C)cn2)c1. The van der Waals surface area contributed by atoms with Crippen LogP contribution >= 0.6 is 0 Å². The monoisotopic (exact) mass is 244 g/mol. The van der Waals surface area contributed by atoms with Crippen molar-refractivity contribution in [1.29, 1.82) is 0 Å². The molecule has 0 atom stereocenters. The number of carbonyl (C=O) groups is 1. The van der Waals surface area contributed by atoms with Crippen LogP contribution in [0.5, 0.6) is 0 Å². The van der Waals surface area contributed by atoms with Crippen molar-refractivity contribution in [3.05, 3.63) is 47.8 Å². The maximum Gasteiger partial charge on any atom is 0.341 e. The van der Waals surface area contributed by atoms with Crippen LogP contribution in [0.15, 0.2) is 36.7 Å². The zero-order valence-corrected chi connectivity index (χ0v) is 10.8. The molecule has 0 amide bonds. The summed E-state index contributed by atoms with van der Waals surface area (Å²) >= 11 is 0. The van der Waals surface area contributed by atoms with Crippen molar-refractivity contribution >= 4 is 5.97 Å². The largest absolute Gasteiger partial charge is 0.459 e. The van der Waals surface area contributed by atoms with Crippen molar-refractivity contribution in [3.8, 4) is 5.69 Å². The minimum Gasteiger partial charge on any atom is -0.459 e. The molecule has 0 fully saturated rings. The fraction of sp³-hybridized carbons (Fsp3) is 0.286. The van der Waals surface area contributed by atoms with E-state index in [0.29, 0.717) is 5.56 Å². The van der Waals surface area contributed by atoms with Crippen LogP contribution < -0.4 is 0 Å². The average Bonchev–Trinajstić information content (AvgIpc) is 2.77. The third-order valence-corrected chi connectivity index (χ3v) is 2.43. The molecule has 1 aromatic heterocycles. The Morgan fingerprint density at radius 3 is 2.83 bits per heavy atom. The predicted octanol–water partition coefficient (Wildman–Crippen LogP) is 2.75. The summed E-state index contributed by atoms with van der Waals surface area (Å²) in [5, 5.41) is 4.17. The fourth-order valence-electron chi connectivity index (χ4n) is 1.62. The van der Waals surface area contributed by atoms with Crippen molar-refractivity contribution in [2.24, 2.45) is 0 Å². The third-order valence-electron chi connectivity index (χ3n) is 2.43. The van der Waals surface area contributed by atoms with Gasteiger partial charge in [-0.05, 0) is 38.5 Å². The van der Waals surface area contributed by atoms with Crippen molar-refractivity contribution in [2.75, 3.05) is 0 Å². The van der Waals surface area contributed by atoms with E-state index in [1.165, 1.54) is 6.20 Å². The van der Waals surface area contributed by atoms with Crippen molar-refractivity contribution in [1.82, 2.24) is 9.78 Å². The van der Waals surface area contributed by atoms with E-state index >= 15 is 0 Å². The lowest BCUT2D eigenvalue weighted by atomic mass is 10.2.